The molecule has 1 heterocycles. The molecule has 0 saturated carbocycles. The fraction of sp³-hybridized carbons (Fsp3) is 0.308. The number of nitrogens with zero attached hydrogens (tertiary/aromatic N) is 2. The Morgan fingerprint density at radius 1 is 1.50 bits per heavy atom. The van der Waals surface area contributed by atoms with Gasteiger partial charge >= 0.3 is 6.03 Å². The first-order chi connectivity index (χ1) is 9.69. The van der Waals surface area contributed by atoms with Gasteiger partial charge in [0.2, 0.25) is 0 Å². The first-order valence-corrected chi connectivity index (χ1v) is 6.29. The van der Waals surface area contributed by atoms with Gasteiger partial charge in [-0.05, 0) is 18.6 Å². The second-order valence-corrected chi connectivity index (χ2v) is 4.45. The summed E-state index contributed by atoms with van der Waals surface area (Å²) in [6.07, 6.45) is 1.45. The molecule has 1 aromatic carbocycles. The van der Waals surface area contributed by atoms with E-state index in [1.54, 1.807) is 6.92 Å². The second kappa shape index (κ2) is 6.67. The molecule has 2 rings (SSSR count). The van der Waals surface area contributed by atoms with Crippen LogP contribution in [0.15, 0.2) is 30.6 Å². The number of nitrogens with one attached hydrogen (secondary N) is 3. The minimum absolute atomic E-state index is 0.0889. The lowest BCUT2D eigenvalue weighted by Gasteiger charge is -2.12. The molecular weight excluding hydrogens is 258 g/mol. The highest BCUT2D eigenvalue weighted by atomic mass is 16.3. The minimum Gasteiger partial charge on any atom is -0.394 e. The summed E-state index contributed by atoms with van der Waals surface area (Å²) in [5, 5.41) is 20.8. The topological polar surface area (TPSA) is 103 Å². The highest BCUT2D eigenvalue weighted by Crippen LogP contribution is 2.15. The third-order valence-electron chi connectivity index (χ3n) is 2.72. The number of urea groups is 1. The van der Waals surface area contributed by atoms with Crippen molar-refractivity contribution in [2.45, 2.75) is 19.5 Å². The Morgan fingerprint density at radius 3 is 3.05 bits per heavy atom. The molecule has 0 aliphatic carbocycles. The summed E-state index contributed by atoms with van der Waals surface area (Å²) >= 11 is 0. The Hall–Kier alpha value is -2.41. The SMILES string of the molecule is CC(CO)NC(=O)NCc1cccc(-c2ncn[nH]2)c1. The zero-order chi connectivity index (χ0) is 14.4. The van der Waals surface area contributed by atoms with Gasteiger partial charge in [-0.25, -0.2) is 9.78 Å². The number of hydrogen-bond donors (Lipinski definition) is 4. The van der Waals surface area contributed by atoms with Crippen LogP contribution in [0.2, 0.25) is 0 Å². The quantitative estimate of drug-likeness (QED) is 0.643. The van der Waals surface area contributed by atoms with Crippen LogP contribution in [0.3, 0.4) is 0 Å². The molecule has 2 aromatic rings. The van der Waals surface area contributed by atoms with E-state index in [1.165, 1.54) is 6.33 Å². The highest BCUT2D eigenvalue weighted by Gasteiger charge is 2.06. The fourth-order valence-corrected chi connectivity index (χ4v) is 1.68. The van der Waals surface area contributed by atoms with Gasteiger partial charge in [-0.1, -0.05) is 18.2 Å². The number of aromatic nitrogens is 3. The van der Waals surface area contributed by atoms with E-state index >= 15 is 0 Å². The number of aliphatic hydroxyl groups excluding tert-OH is 1. The van der Waals surface area contributed by atoms with Gasteiger partial charge in [0.05, 0.1) is 12.6 Å². The molecule has 20 heavy (non-hydrogen) atoms. The van der Waals surface area contributed by atoms with Crippen molar-refractivity contribution in [1.82, 2.24) is 25.8 Å². The van der Waals surface area contributed by atoms with E-state index in [2.05, 4.69) is 25.8 Å². The van der Waals surface area contributed by atoms with Gasteiger partial charge in [0, 0.05) is 12.1 Å². The van der Waals surface area contributed by atoms with E-state index < -0.39 is 0 Å². The van der Waals surface area contributed by atoms with Crippen LogP contribution in [0.25, 0.3) is 11.4 Å². The molecule has 0 aliphatic heterocycles. The van der Waals surface area contributed by atoms with Gasteiger partial charge in [0.1, 0.15) is 6.33 Å². The number of H-pyrrole nitrogens is 1. The molecular formula is C13H17N5O2. The van der Waals surface area contributed by atoms with Crippen molar-refractivity contribution < 1.29 is 9.90 Å². The highest BCUT2D eigenvalue weighted by molar-refractivity contribution is 5.74. The summed E-state index contributed by atoms with van der Waals surface area (Å²) in [6, 6.07) is 7.07. The first-order valence-electron chi connectivity index (χ1n) is 6.29. The van der Waals surface area contributed by atoms with E-state index in [1.807, 2.05) is 24.3 Å². The van der Waals surface area contributed by atoms with Crippen LogP contribution in [-0.2, 0) is 6.54 Å². The van der Waals surface area contributed by atoms with Crippen LogP contribution < -0.4 is 10.6 Å². The second-order valence-electron chi connectivity index (χ2n) is 4.45. The number of hydrogen-bond acceptors (Lipinski definition) is 4. The molecule has 0 saturated heterocycles. The number of carbonyl (C=O) groups is 1. The molecule has 106 valence electrons. The van der Waals surface area contributed by atoms with Crippen LogP contribution >= 0.6 is 0 Å². The summed E-state index contributed by atoms with van der Waals surface area (Å²) in [4.78, 5) is 15.6. The van der Waals surface area contributed by atoms with Crippen LogP contribution in [0.5, 0.6) is 0 Å². The molecule has 1 unspecified atom stereocenters. The van der Waals surface area contributed by atoms with Gasteiger partial charge in [0.25, 0.3) is 0 Å². The van der Waals surface area contributed by atoms with Crippen LogP contribution in [0, 0.1) is 0 Å². The van der Waals surface area contributed by atoms with E-state index in [4.69, 9.17) is 5.11 Å². The maximum absolute atomic E-state index is 11.5. The normalized spacial score (nSPS) is 11.9. The molecule has 0 bridgehead atoms. The number of aromatic amines is 1. The third kappa shape index (κ3) is 3.79. The van der Waals surface area contributed by atoms with Crippen LogP contribution in [0.4, 0.5) is 4.79 Å². The Balaban J connectivity index is 1.94. The maximum Gasteiger partial charge on any atom is 0.315 e. The van der Waals surface area contributed by atoms with Gasteiger partial charge in [-0.3, -0.25) is 5.10 Å². The lowest BCUT2D eigenvalue weighted by Crippen LogP contribution is -2.41. The van der Waals surface area contributed by atoms with E-state index in [0.717, 1.165) is 11.1 Å². The van der Waals surface area contributed by atoms with Gasteiger partial charge < -0.3 is 15.7 Å². The van der Waals surface area contributed by atoms with Gasteiger partial charge in [-0.2, -0.15) is 5.10 Å². The lowest BCUT2D eigenvalue weighted by molar-refractivity contribution is 0.220. The minimum atomic E-state index is -0.309. The first kappa shape index (κ1) is 14.0. The molecule has 2 amide bonds. The zero-order valence-electron chi connectivity index (χ0n) is 11.1. The molecule has 0 spiro atoms. The fourth-order valence-electron chi connectivity index (χ4n) is 1.68. The van der Waals surface area contributed by atoms with Crippen molar-refractivity contribution >= 4 is 6.03 Å². The molecule has 0 fully saturated rings. The monoisotopic (exact) mass is 275 g/mol. The predicted octanol–water partition coefficient (Wildman–Crippen LogP) is 0.652. The van der Waals surface area contributed by atoms with Crippen molar-refractivity contribution in [1.29, 1.82) is 0 Å². The lowest BCUT2D eigenvalue weighted by atomic mass is 10.1. The van der Waals surface area contributed by atoms with Gasteiger partial charge in [0.15, 0.2) is 5.82 Å². The van der Waals surface area contributed by atoms with Crippen molar-refractivity contribution in [2.75, 3.05) is 6.61 Å². The van der Waals surface area contributed by atoms with E-state index in [0.29, 0.717) is 12.4 Å². The average Bonchev–Trinajstić information content (AvgIpc) is 2.99. The van der Waals surface area contributed by atoms with Crippen molar-refractivity contribution in [3.05, 3.63) is 36.2 Å². The third-order valence-corrected chi connectivity index (χ3v) is 2.72. The Bertz CT molecular complexity index is 556. The molecule has 0 radical (unpaired) electrons. The van der Waals surface area contributed by atoms with Crippen molar-refractivity contribution in [2.24, 2.45) is 0 Å². The van der Waals surface area contributed by atoms with Crippen LogP contribution in [0.1, 0.15) is 12.5 Å². The smallest absolute Gasteiger partial charge is 0.315 e. The van der Waals surface area contributed by atoms with Crippen molar-refractivity contribution in [3.63, 3.8) is 0 Å². The molecule has 0 aliphatic rings. The molecule has 4 N–H and O–H groups in total. The molecule has 7 heteroatoms. The average molecular weight is 275 g/mol. The van der Waals surface area contributed by atoms with Crippen molar-refractivity contribution in [3.8, 4) is 11.4 Å². The zero-order valence-corrected chi connectivity index (χ0v) is 11.1. The van der Waals surface area contributed by atoms with Gasteiger partial charge in [-0.15, -0.1) is 0 Å². The Morgan fingerprint density at radius 2 is 2.35 bits per heavy atom. The van der Waals surface area contributed by atoms with E-state index in [9.17, 15) is 4.79 Å². The summed E-state index contributed by atoms with van der Waals surface area (Å²) in [7, 11) is 0. The number of aliphatic hydroxyl groups is 1. The standard InChI is InChI=1S/C13H17N5O2/c1-9(7-19)17-13(20)14-6-10-3-2-4-11(5-10)12-15-8-16-18-12/h2-5,8-9,19H,6-7H2,1H3,(H2,14,17,20)(H,15,16,18). The summed E-state index contributed by atoms with van der Waals surface area (Å²) in [5.41, 5.74) is 1.86. The number of benzene rings is 1. The summed E-state index contributed by atoms with van der Waals surface area (Å²) < 4.78 is 0. The number of carbonyl (C=O) groups excluding carboxylic acids is 1. The predicted molar refractivity (Wildman–Crippen MR) is 73.7 cm³/mol. The molecule has 7 nitrogen and oxygen atoms in total. The van der Waals surface area contributed by atoms with Crippen LogP contribution in [-0.4, -0.2) is 39.0 Å². The maximum atomic E-state index is 11.5. The molecule has 1 atom stereocenters. The number of amides is 2. The number of rotatable bonds is 5. The summed E-state index contributed by atoms with van der Waals surface area (Å²) in [5.74, 6) is 0.685. The van der Waals surface area contributed by atoms with E-state index in [-0.39, 0.29) is 18.7 Å². The Kier molecular flexibility index (Phi) is 4.67. The summed E-state index contributed by atoms with van der Waals surface area (Å²) in [6.45, 7) is 2.03. The molecule has 1 aromatic heterocycles. The Labute approximate surface area is 116 Å². The largest absolute Gasteiger partial charge is 0.394 e.